The fourth-order valence-corrected chi connectivity index (χ4v) is 2.28. The van der Waals surface area contributed by atoms with Gasteiger partial charge in [0.1, 0.15) is 0 Å². The summed E-state index contributed by atoms with van der Waals surface area (Å²) in [5, 5.41) is 7.23. The second-order valence-corrected chi connectivity index (χ2v) is 4.63. The van der Waals surface area contributed by atoms with Crippen molar-refractivity contribution in [3.8, 4) is 0 Å². The first-order valence-electron chi connectivity index (χ1n) is 6.53. The molecule has 1 atom stereocenters. The van der Waals surface area contributed by atoms with Crippen molar-refractivity contribution in [2.24, 2.45) is 0 Å². The predicted octanol–water partition coefficient (Wildman–Crippen LogP) is 1.03. The van der Waals surface area contributed by atoms with Gasteiger partial charge < -0.3 is 14.7 Å². The molecule has 2 heterocycles. The molecule has 5 nitrogen and oxygen atoms in total. The van der Waals surface area contributed by atoms with Crippen LogP contribution in [0.25, 0.3) is 0 Å². The highest BCUT2D eigenvalue weighted by molar-refractivity contribution is 5.00. The Bertz CT molecular complexity index is 339. The van der Waals surface area contributed by atoms with E-state index in [0.717, 1.165) is 57.2 Å². The Balaban J connectivity index is 1.85. The van der Waals surface area contributed by atoms with Gasteiger partial charge in [-0.05, 0) is 39.5 Å². The van der Waals surface area contributed by atoms with Gasteiger partial charge in [-0.25, -0.2) is 0 Å². The summed E-state index contributed by atoms with van der Waals surface area (Å²) < 4.78 is 5.29. The summed E-state index contributed by atoms with van der Waals surface area (Å²) in [5.41, 5.74) is 0. The minimum Gasteiger partial charge on any atom is -0.339 e. The molecule has 5 heteroatoms. The van der Waals surface area contributed by atoms with E-state index in [4.69, 9.17) is 4.52 Å². The SMILES string of the molecule is CCN1CCC(c2noc(CCCNC)n2)C1. The van der Waals surface area contributed by atoms with Crippen LogP contribution in [0.3, 0.4) is 0 Å². The van der Waals surface area contributed by atoms with Gasteiger partial charge >= 0.3 is 0 Å². The lowest BCUT2D eigenvalue weighted by Gasteiger charge is -2.10. The fraction of sp³-hybridized carbons (Fsp3) is 0.833. The molecule has 1 aromatic rings. The monoisotopic (exact) mass is 238 g/mol. The normalized spacial score (nSPS) is 21.2. The molecule has 0 amide bonds. The maximum atomic E-state index is 5.29. The van der Waals surface area contributed by atoms with Crippen molar-refractivity contribution in [1.29, 1.82) is 0 Å². The summed E-state index contributed by atoms with van der Waals surface area (Å²) in [6.07, 6.45) is 3.07. The van der Waals surface area contributed by atoms with Gasteiger partial charge in [0.25, 0.3) is 0 Å². The minimum absolute atomic E-state index is 0.469. The summed E-state index contributed by atoms with van der Waals surface area (Å²) in [4.78, 5) is 6.93. The van der Waals surface area contributed by atoms with Crippen molar-refractivity contribution in [3.05, 3.63) is 11.7 Å². The molecule has 17 heavy (non-hydrogen) atoms. The third-order valence-electron chi connectivity index (χ3n) is 3.39. The quantitative estimate of drug-likeness (QED) is 0.750. The smallest absolute Gasteiger partial charge is 0.226 e. The van der Waals surface area contributed by atoms with Gasteiger partial charge in [0.2, 0.25) is 5.89 Å². The van der Waals surface area contributed by atoms with E-state index in [2.05, 4.69) is 27.3 Å². The van der Waals surface area contributed by atoms with Gasteiger partial charge in [-0.2, -0.15) is 4.98 Å². The third kappa shape index (κ3) is 3.26. The maximum Gasteiger partial charge on any atom is 0.226 e. The van der Waals surface area contributed by atoms with Crippen molar-refractivity contribution >= 4 is 0 Å². The van der Waals surface area contributed by atoms with Crippen molar-refractivity contribution in [2.45, 2.75) is 32.1 Å². The molecule has 1 saturated heterocycles. The first-order valence-corrected chi connectivity index (χ1v) is 6.53. The lowest BCUT2D eigenvalue weighted by molar-refractivity contribution is 0.346. The topological polar surface area (TPSA) is 54.2 Å². The summed E-state index contributed by atoms with van der Waals surface area (Å²) in [7, 11) is 1.96. The molecule has 1 N–H and O–H groups in total. The number of likely N-dealkylation sites (tertiary alicyclic amines) is 1. The average Bonchev–Trinajstić information content (AvgIpc) is 2.97. The Morgan fingerprint density at radius 2 is 2.41 bits per heavy atom. The van der Waals surface area contributed by atoms with Crippen LogP contribution < -0.4 is 5.32 Å². The van der Waals surface area contributed by atoms with Crippen molar-refractivity contribution in [2.75, 3.05) is 33.2 Å². The largest absolute Gasteiger partial charge is 0.339 e. The van der Waals surface area contributed by atoms with Crippen LogP contribution in [0.15, 0.2) is 4.52 Å². The van der Waals surface area contributed by atoms with E-state index < -0.39 is 0 Å². The number of hydrogen-bond acceptors (Lipinski definition) is 5. The van der Waals surface area contributed by atoms with E-state index >= 15 is 0 Å². The summed E-state index contributed by atoms with van der Waals surface area (Å²) in [5.74, 6) is 2.15. The Morgan fingerprint density at radius 3 is 3.12 bits per heavy atom. The van der Waals surface area contributed by atoms with Gasteiger partial charge in [0, 0.05) is 18.9 Å². The van der Waals surface area contributed by atoms with Crippen LogP contribution in [-0.4, -0.2) is 48.3 Å². The zero-order valence-electron chi connectivity index (χ0n) is 10.8. The van der Waals surface area contributed by atoms with E-state index in [-0.39, 0.29) is 0 Å². The van der Waals surface area contributed by atoms with E-state index in [1.54, 1.807) is 0 Å². The lowest BCUT2D eigenvalue weighted by atomic mass is 10.1. The van der Waals surface area contributed by atoms with E-state index in [1.807, 2.05) is 7.05 Å². The number of rotatable bonds is 6. The van der Waals surface area contributed by atoms with E-state index in [9.17, 15) is 0 Å². The van der Waals surface area contributed by atoms with Crippen molar-refractivity contribution < 1.29 is 4.52 Å². The van der Waals surface area contributed by atoms with E-state index in [1.165, 1.54) is 0 Å². The van der Waals surface area contributed by atoms with Crippen molar-refractivity contribution in [3.63, 3.8) is 0 Å². The molecule has 1 fully saturated rings. The zero-order chi connectivity index (χ0) is 12.1. The second-order valence-electron chi connectivity index (χ2n) is 4.63. The van der Waals surface area contributed by atoms with Crippen LogP contribution in [-0.2, 0) is 6.42 Å². The number of likely N-dealkylation sites (N-methyl/N-ethyl adjacent to an activating group) is 1. The molecule has 1 unspecified atom stereocenters. The number of hydrogen-bond donors (Lipinski definition) is 1. The highest BCUT2D eigenvalue weighted by atomic mass is 16.5. The molecule has 0 aliphatic carbocycles. The molecular formula is C12H22N4O. The Labute approximate surface area is 103 Å². The lowest BCUT2D eigenvalue weighted by Crippen LogP contribution is -2.19. The zero-order valence-corrected chi connectivity index (χ0v) is 10.8. The summed E-state index contributed by atoms with van der Waals surface area (Å²) in [6, 6.07) is 0. The number of nitrogens with one attached hydrogen (secondary N) is 1. The van der Waals surface area contributed by atoms with Crippen LogP contribution >= 0.6 is 0 Å². The summed E-state index contributed by atoms with van der Waals surface area (Å²) >= 11 is 0. The predicted molar refractivity (Wildman–Crippen MR) is 66.0 cm³/mol. The van der Waals surface area contributed by atoms with Gasteiger partial charge in [0.05, 0.1) is 0 Å². The van der Waals surface area contributed by atoms with E-state index in [0.29, 0.717) is 5.92 Å². The van der Waals surface area contributed by atoms with Gasteiger partial charge in [0.15, 0.2) is 5.82 Å². The van der Waals surface area contributed by atoms with Crippen LogP contribution in [0.1, 0.15) is 37.4 Å². The molecule has 96 valence electrons. The highest BCUT2D eigenvalue weighted by Gasteiger charge is 2.26. The van der Waals surface area contributed by atoms with Crippen LogP contribution in [0.4, 0.5) is 0 Å². The average molecular weight is 238 g/mol. The Morgan fingerprint density at radius 1 is 1.53 bits per heavy atom. The van der Waals surface area contributed by atoms with Crippen LogP contribution in [0.5, 0.6) is 0 Å². The number of nitrogens with zero attached hydrogens (tertiary/aromatic N) is 3. The standard InChI is InChI=1S/C12H22N4O/c1-3-16-8-6-10(9-16)12-14-11(17-15-12)5-4-7-13-2/h10,13H,3-9H2,1-2H3. The van der Waals surface area contributed by atoms with Crippen LogP contribution in [0, 0.1) is 0 Å². The van der Waals surface area contributed by atoms with Gasteiger partial charge in [-0.3, -0.25) is 0 Å². The Kier molecular flexibility index (Phi) is 4.50. The van der Waals surface area contributed by atoms with Crippen molar-refractivity contribution in [1.82, 2.24) is 20.4 Å². The Hall–Kier alpha value is -0.940. The fourth-order valence-electron chi connectivity index (χ4n) is 2.28. The molecule has 0 radical (unpaired) electrons. The highest BCUT2D eigenvalue weighted by Crippen LogP contribution is 2.24. The first kappa shape index (κ1) is 12.5. The molecule has 0 spiro atoms. The molecule has 2 rings (SSSR count). The molecule has 1 aromatic heterocycles. The molecule has 1 aliphatic heterocycles. The molecule has 1 aliphatic rings. The molecule has 0 bridgehead atoms. The molecular weight excluding hydrogens is 216 g/mol. The van der Waals surface area contributed by atoms with Gasteiger partial charge in [-0.1, -0.05) is 12.1 Å². The maximum absolute atomic E-state index is 5.29. The molecule has 0 aromatic carbocycles. The second kappa shape index (κ2) is 6.12. The summed E-state index contributed by atoms with van der Waals surface area (Å²) in [6.45, 7) is 6.53. The minimum atomic E-state index is 0.469. The van der Waals surface area contributed by atoms with Gasteiger partial charge in [-0.15, -0.1) is 0 Å². The molecule has 0 saturated carbocycles. The number of aryl methyl sites for hydroxylation is 1. The third-order valence-corrected chi connectivity index (χ3v) is 3.39. The van der Waals surface area contributed by atoms with Crippen LogP contribution in [0.2, 0.25) is 0 Å². The first-order chi connectivity index (χ1) is 8.33. The number of aromatic nitrogens is 2.